The van der Waals surface area contributed by atoms with Crippen LogP contribution in [0.25, 0.3) is 0 Å². The van der Waals surface area contributed by atoms with Crippen LogP contribution >= 0.6 is 0 Å². The highest BCUT2D eigenvalue weighted by Gasteiger charge is 2.12. The summed E-state index contributed by atoms with van der Waals surface area (Å²) in [5.41, 5.74) is 0.744. The van der Waals surface area contributed by atoms with E-state index in [4.69, 9.17) is 0 Å². The Bertz CT molecular complexity index is 438. The Morgan fingerprint density at radius 1 is 1.28 bits per heavy atom. The Hall–Kier alpha value is -1.82. The highest BCUT2D eigenvalue weighted by Crippen LogP contribution is 2.06. The Morgan fingerprint density at radius 2 is 1.89 bits per heavy atom. The summed E-state index contributed by atoms with van der Waals surface area (Å²) in [6.45, 7) is 4.32. The number of carbonyl (C=O) groups is 1. The lowest BCUT2D eigenvalue weighted by Crippen LogP contribution is -2.30. The first-order chi connectivity index (χ1) is 8.67. The van der Waals surface area contributed by atoms with Crippen LogP contribution in [0.3, 0.4) is 0 Å². The molecule has 0 unspecified atom stereocenters. The van der Waals surface area contributed by atoms with Gasteiger partial charge in [0.25, 0.3) is 0 Å². The summed E-state index contributed by atoms with van der Waals surface area (Å²) in [4.78, 5) is 11.6. The van der Waals surface area contributed by atoms with E-state index < -0.39 is 0 Å². The number of hydrogen-bond acceptors (Lipinski definition) is 1. The third kappa shape index (κ3) is 4.58. The molecule has 1 aromatic rings. The molecule has 0 radical (unpaired) electrons. The summed E-state index contributed by atoms with van der Waals surface area (Å²) in [5, 5.41) is 2.78. The molecule has 0 heterocycles. The second-order valence-electron chi connectivity index (χ2n) is 4.04. The molecule has 0 aromatic heterocycles. The SMILES string of the molecule is CCC(CC)C(=O)NCC#Cc1ccc(F)cc1. The van der Waals surface area contributed by atoms with Crippen LogP contribution in [0, 0.1) is 23.6 Å². The van der Waals surface area contributed by atoms with Crippen molar-refractivity contribution in [3.8, 4) is 11.8 Å². The number of halogens is 1. The lowest BCUT2D eigenvalue weighted by molar-refractivity contribution is -0.124. The van der Waals surface area contributed by atoms with E-state index >= 15 is 0 Å². The van der Waals surface area contributed by atoms with E-state index in [1.165, 1.54) is 12.1 Å². The number of amides is 1. The monoisotopic (exact) mass is 247 g/mol. The smallest absolute Gasteiger partial charge is 0.223 e. The normalized spacial score (nSPS) is 9.78. The molecule has 18 heavy (non-hydrogen) atoms. The van der Waals surface area contributed by atoms with Gasteiger partial charge in [-0.1, -0.05) is 25.7 Å². The molecule has 0 bridgehead atoms. The highest BCUT2D eigenvalue weighted by molar-refractivity contribution is 5.78. The van der Waals surface area contributed by atoms with Crippen LogP contribution in [0.2, 0.25) is 0 Å². The maximum absolute atomic E-state index is 12.6. The maximum Gasteiger partial charge on any atom is 0.223 e. The number of carbonyl (C=O) groups excluding carboxylic acids is 1. The number of benzene rings is 1. The maximum atomic E-state index is 12.6. The summed E-state index contributed by atoms with van der Waals surface area (Å²) >= 11 is 0. The minimum Gasteiger partial charge on any atom is -0.345 e. The first-order valence-electron chi connectivity index (χ1n) is 6.19. The van der Waals surface area contributed by atoms with Crippen LogP contribution in [-0.2, 0) is 4.79 Å². The largest absolute Gasteiger partial charge is 0.345 e. The Labute approximate surface area is 108 Å². The molecular weight excluding hydrogens is 229 g/mol. The summed E-state index contributed by atoms with van der Waals surface area (Å²) in [6.07, 6.45) is 1.68. The minimum atomic E-state index is -0.275. The first kappa shape index (κ1) is 14.2. The Kier molecular flexibility index (Phi) is 5.93. The van der Waals surface area contributed by atoms with Crippen LogP contribution in [0.15, 0.2) is 24.3 Å². The fraction of sp³-hybridized carbons (Fsp3) is 0.400. The van der Waals surface area contributed by atoms with Gasteiger partial charge in [-0.25, -0.2) is 4.39 Å². The van der Waals surface area contributed by atoms with E-state index in [9.17, 15) is 9.18 Å². The molecule has 0 saturated carbocycles. The fourth-order valence-electron chi connectivity index (χ4n) is 1.61. The van der Waals surface area contributed by atoms with E-state index in [0.717, 1.165) is 18.4 Å². The van der Waals surface area contributed by atoms with Gasteiger partial charge in [0.15, 0.2) is 0 Å². The van der Waals surface area contributed by atoms with Gasteiger partial charge < -0.3 is 5.32 Å². The van der Waals surface area contributed by atoms with E-state index in [1.807, 2.05) is 13.8 Å². The average molecular weight is 247 g/mol. The molecule has 1 amide bonds. The van der Waals surface area contributed by atoms with Crippen LogP contribution in [0.1, 0.15) is 32.3 Å². The van der Waals surface area contributed by atoms with Crippen LogP contribution < -0.4 is 5.32 Å². The van der Waals surface area contributed by atoms with Crippen molar-refractivity contribution in [2.75, 3.05) is 6.54 Å². The zero-order valence-electron chi connectivity index (χ0n) is 10.8. The Balaban J connectivity index is 2.42. The molecule has 1 aromatic carbocycles. The second-order valence-corrected chi connectivity index (χ2v) is 4.04. The van der Waals surface area contributed by atoms with Crippen molar-refractivity contribution in [1.29, 1.82) is 0 Å². The van der Waals surface area contributed by atoms with Gasteiger partial charge in [-0.05, 0) is 37.1 Å². The van der Waals surface area contributed by atoms with E-state index in [1.54, 1.807) is 12.1 Å². The van der Waals surface area contributed by atoms with Crippen molar-refractivity contribution < 1.29 is 9.18 Å². The van der Waals surface area contributed by atoms with Gasteiger partial charge in [-0.15, -0.1) is 0 Å². The van der Waals surface area contributed by atoms with Crippen molar-refractivity contribution in [1.82, 2.24) is 5.32 Å². The molecule has 0 fully saturated rings. The van der Waals surface area contributed by atoms with Crippen LogP contribution in [-0.4, -0.2) is 12.5 Å². The molecule has 2 nitrogen and oxygen atoms in total. The minimum absolute atomic E-state index is 0.0495. The standard InChI is InChI=1S/C15H18FNO/c1-3-13(4-2)15(18)17-11-5-6-12-7-9-14(16)10-8-12/h7-10,13H,3-4,11H2,1-2H3,(H,17,18). The number of hydrogen-bond donors (Lipinski definition) is 1. The third-order valence-corrected chi connectivity index (χ3v) is 2.78. The van der Waals surface area contributed by atoms with Gasteiger partial charge in [-0.3, -0.25) is 4.79 Å². The molecular formula is C15H18FNO. The van der Waals surface area contributed by atoms with Gasteiger partial charge >= 0.3 is 0 Å². The lowest BCUT2D eigenvalue weighted by atomic mass is 10.0. The van der Waals surface area contributed by atoms with Gasteiger partial charge in [-0.2, -0.15) is 0 Å². The first-order valence-corrected chi connectivity index (χ1v) is 6.19. The van der Waals surface area contributed by atoms with Crippen LogP contribution in [0.5, 0.6) is 0 Å². The average Bonchev–Trinajstić information content (AvgIpc) is 2.38. The molecule has 0 spiro atoms. The molecule has 1 N–H and O–H groups in total. The molecule has 0 aliphatic rings. The predicted molar refractivity (Wildman–Crippen MR) is 70.4 cm³/mol. The summed E-state index contributed by atoms with van der Waals surface area (Å²) in [5.74, 6) is 5.56. The topological polar surface area (TPSA) is 29.1 Å². The molecule has 0 aliphatic carbocycles. The van der Waals surface area contributed by atoms with Crippen molar-refractivity contribution in [3.05, 3.63) is 35.6 Å². The van der Waals surface area contributed by atoms with Gasteiger partial charge in [0.1, 0.15) is 5.82 Å². The van der Waals surface area contributed by atoms with Crippen molar-refractivity contribution in [3.63, 3.8) is 0 Å². The summed E-state index contributed by atoms with van der Waals surface area (Å²) in [6, 6.07) is 5.97. The molecule has 0 aliphatic heterocycles. The zero-order valence-corrected chi connectivity index (χ0v) is 10.8. The fourth-order valence-corrected chi connectivity index (χ4v) is 1.61. The highest BCUT2D eigenvalue weighted by atomic mass is 19.1. The molecule has 96 valence electrons. The van der Waals surface area contributed by atoms with Crippen molar-refractivity contribution in [2.45, 2.75) is 26.7 Å². The third-order valence-electron chi connectivity index (χ3n) is 2.78. The molecule has 1 rings (SSSR count). The molecule has 0 atom stereocenters. The number of nitrogens with one attached hydrogen (secondary N) is 1. The van der Waals surface area contributed by atoms with Gasteiger partial charge in [0, 0.05) is 11.5 Å². The lowest BCUT2D eigenvalue weighted by Gasteiger charge is -2.10. The predicted octanol–water partition coefficient (Wildman–Crippen LogP) is 2.73. The van der Waals surface area contributed by atoms with E-state index in [-0.39, 0.29) is 17.6 Å². The quantitative estimate of drug-likeness (QED) is 0.814. The second kappa shape index (κ2) is 7.50. The zero-order chi connectivity index (χ0) is 13.4. The molecule has 3 heteroatoms. The van der Waals surface area contributed by atoms with Crippen molar-refractivity contribution in [2.24, 2.45) is 5.92 Å². The van der Waals surface area contributed by atoms with Gasteiger partial charge in [0.2, 0.25) is 5.91 Å². The molecule has 0 saturated heterocycles. The summed E-state index contributed by atoms with van der Waals surface area (Å²) in [7, 11) is 0. The summed E-state index contributed by atoms with van der Waals surface area (Å²) < 4.78 is 12.6. The number of rotatable bonds is 4. The Morgan fingerprint density at radius 3 is 2.44 bits per heavy atom. The van der Waals surface area contributed by atoms with Crippen LogP contribution in [0.4, 0.5) is 4.39 Å². The van der Waals surface area contributed by atoms with E-state index in [0.29, 0.717) is 6.54 Å². The van der Waals surface area contributed by atoms with Gasteiger partial charge in [0.05, 0.1) is 6.54 Å². The van der Waals surface area contributed by atoms with E-state index in [2.05, 4.69) is 17.2 Å². The van der Waals surface area contributed by atoms with Crippen molar-refractivity contribution >= 4 is 5.91 Å².